The number of nitrogens with two attached hydrogens (primary N) is 1. The fourth-order valence-electron chi connectivity index (χ4n) is 2.25. The Morgan fingerprint density at radius 1 is 1.41 bits per heavy atom. The van der Waals surface area contributed by atoms with E-state index < -0.39 is 0 Å². The molecule has 0 radical (unpaired) electrons. The van der Waals surface area contributed by atoms with Crippen LogP contribution in [0.5, 0.6) is 0 Å². The van der Waals surface area contributed by atoms with Crippen LogP contribution in [0, 0.1) is 0 Å². The average Bonchev–Trinajstić information content (AvgIpc) is 2.66. The zero-order chi connectivity index (χ0) is 12.3. The molecular formula is C13H20N4. The maximum atomic E-state index is 6.09. The standard InChI is InChI=1S/C13H20N4/c1-3-5-10(14)8-13-16-11-9-15-7-6-12(11)17(13)4-2/h6-7,9-10H,3-5,8,14H2,1-2H3. The van der Waals surface area contributed by atoms with E-state index in [9.17, 15) is 0 Å². The normalized spacial score (nSPS) is 13.1. The number of imidazole rings is 1. The molecule has 4 heteroatoms. The fourth-order valence-corrected chi connectivity index (χ4v) is 2.25. The second kappa shape index (κ2) is 5.27. The molecule has 1 unspecified atom stereocenters. The highest BCUT2D eigenvalue weighted by atomic mass is 15.1. The third kappa shape index (κ3) is 2.47. The first kappa shape index (κ1) is 12.0. The highest BCUT2D eigenvalue weighted by molar-refractivity contribution is 5.74. The van der Waals surface area contributed by atoms with Crippen molar-refractivity contribution < 1.29 is 0 Å². The molecule has 4 nitrogen and oxygen atoms in total. The van der Waals surface area contributed by atoms with Crippen molar-refractivity contribution in [2.75, 3.05) is 0 Å². The van der Waals surface area contributed by atoms with E-state index in [1.165, 1.54) is 0 Å². The number of hydrogen-bond acceptors (Lipinski definition) is 3. The zero-order valence-corrected chi connectivity index (χ0v) is 10.6. The monoisotopic (exact) mass is 232 g/mol. The molecule has 2 rings (SSSR count). The van der Waals surface area contributed by atoms with Crippen LogP contribution >= 0.6 is 0 Å². The van der Waals surface area contributed by atoms with Gasteiger partial charge in [-0.2, -0.15) is 0 Å². The summed E-state index contributed by atoms with van der Waals surface area (Å²) in [5, 5.41) is 0. The molecule has 0 bridgehead atoms. The summed E-state index contributed by atoms with van der Waals surface area (Å²) in [6, 6.07) is 2.22. The van der Waals surface area contributed by atoms with Crippen LogP contribution < -0.4 is 5.73 Å². The van der Waals surface area contributed by atoms with Gasteiger partial charge in [-0.15, -0.1) is 0 Å². The van der Waals surface area contributed by atoms with Gasteiger partial charge < -0.3 is 10.3 Å². The first-order valence-electron chi connectivity index (χ1n) is 6.31. The molecule has 0 amide bonds. The van der Waals surface area contributed by atoms with Crippen molar-refractivity contribution in [3.8, 4) is 0 Å². The van der Waals surface area contributed by atoms with Gasteiger partial charge in [0.05, 0.1) is 11.7 Å². The van der Waals surface area contributed by atoms with Crippen LogP contribution in [-0.4, -0.2) is 20.6 Å². The van der Waals surface area contributed by atoms with E-state index in [-0.39, 0.29) is 6.04 Å². The Morgan fingerprint density at radius 3 is 2.94 bits per heavy atom. The number of aromatic nitrogens is 3. The predicted molar refractivity (Wildman–Crippen MR) is 69.8 cm³/mol. The molecule has 2 N–H and O–H groups in total. The third-order valence-corrected chi connectivity index (χ3v) is 3.05. The lowest BCUT2D eigenvalue weighted by Gasteiger charge is -2.11. The van der Waals surface area contributed by atoms with Gasteiger partial charge >= 0.3 is 0 Å². The van der Waals surface area contributed by atoms with E-state index in [1.807, 2.05) is 18.5 Å². The number of rotatable bonds is 5. The van der Waals surface area contributed by atoms with Crippen LogP contribution in [0.3, 0.4) is 0 Å². The maximum Gasteiger partial charge on any atom is 0.111 e. The first-order valence-corrected chi connectivity index (χ1v) is 6.31. The van der Waals surface area contributed by atoms with Gasteiger partial charge in [0, 0.05) is 25.2 Å². The molecular weight excluding hydrogens is 212 g/mol. The summed E-state index contributed by atoms with van der Waals surface area (Å²) in [6.45, 7) is 5.22. The second-order valence-corrected chi connectivity index (χ2v) is 4.39. The molecule has 92 valence electrons. The van der Waals surface area contributed by atoms with E-state index in [1.54, 1.807) is 0 Å². The van der Waals surface area contributed by atoms with Crippen LogP contribution in [0.15, 0.2) is 18.5 Å². The van der Waals surface area contributed by atoms with E-state index in [4.69, 9.17) is 5.73 Å². The molecule has 1 atom stereocenters. The highest BCUT2D eigenvalue weighted by Crippen LogP contribution is 2.16. The van der Waals surface area contributed by atoms with Crippen LogP contribution in [0.4, 0.5) is 0 Å². The topological polar surface area (TPSA) is 56.7 Å². The molecule has 2 aromatic heterocycles. The van der Waals surface area contributed by atoms with Gasteiger partial charge in [-0.25, -0.2) is 4.98 Å². The minimum absolute atomic E-state index is 0.204. The Morgan fingerprint density at radius 2 is 2.24 bits per heavy atom. The quantitative estimate of drug-likeness (QED) is 0.859. The molecule has 17 heavy (non-hydrogen) atoms. The van der Waals surface area contributed by atoms with Gasteiger partial charge in [0.1, 0.15) is 11.3 Å². The highest BCUT2D eigenvalue weighted by Gasteiger charge is 2.12. The molecule has 0 aliphatic carbocycles. The third-order valence-electron chi connectivity index (χ3n) is 3.05. The Balaban J connectivity index is 2.33. The van der Waals surface area contributed by atoms with Crippen LogP contribution in [-0.2, 0) is 13.0 Å². The molecule has 0 aliphatic heterocycles. The summed E-state index contributed by atoms with van der Waals surface area (Å²) in [5.74, 6) is 1.08. The number of pyridine rings is 1. The number of nitrogens with zero attached hydrogens (tertiary/aromatic N) is 3. The van der Waals surface area contributed by atoms with Gasteiger partial charge in [0.2, 0.25) is 0 Å². The van der Waals surface area contributed by atoms with Gasteiger partial charge in [0.15, 0.2) is 0 Å². The Kier molecular flexibility index (Phi) is 3.74. The number of aryl methyl sites for hydroxylation is 1. The lowest BCUT2D eigenvalue weighted by Crippen LogP contribution is -2.24. The van der Waals surface area contributed by atoms with Gasteiger partial charge in [-0.3, -0.25) is 4.98 Å². The van der Waals surface area contributed by atoms with Crippen molar-refractivity contribution in [2.24, 2.45) is 5.73 Å². The lowest BCUT2D eigenvalue weighted by atomic mass is 10.1. The molecule has 2 heterocycles. The predicted octanol–water partition coefficient (Wildman–Crippen LogP) is 2.12. The Hall–Kier alpha value is -1.42. The minimum Gasteiger partial charge on any atom is -0.328 e. The SMILES string of the molecule is CCCC(N)Cc1nc2cnccc2n1CC. The lowest BCUT2D eigenvalue weighted by molar-refractivity contribution is 0.566. The van der Waals surface area contributed by atoms with E-state index in [0.29, 0.717) is 0 Å². The van der Waals surface area contributed by atoms with Crippen molar-refractivity contribution >= 4 is 11.0 Å². The second-order valence-electron chi connectivity index (χ2n) is 4.39. The fraction of sp³-hybridized carbons (Fsp3) is 0.538. The summed E-state index contributed by atoms with van der Waals surface area (Å²) in [6.07, 6.45) is 6.64. The largest absolute Gasteiger partial charge is 0.328 e. The van der Waals surface area contributed by atoms with E-state index >= 15 is 0 Å². The molecule has 0 saturated heterocycles. The molecule has 0 spiro atoms. The van der Waals surface area contributed by atoms with Crippen LogP contribution in [0.25, 0.3) is 11.0 Å². The summed E-state index contributed by atoms with van der Waals surface area (Å²) >= 11 is 0. The molecule has 0 aromatic carbocycles. The van der Waals surface area contributed by atoms with Crippen molar-refractivity contribution in [3.63, 3.8) is 0 Å². The van der Waals surface area contributed by atoms with Crippen LogP contribution in [0.1, 0.15) is 32.5 Å². The van der Waals surface area contributed by atoms with Gasteiger partial charge in [-0.05, 0) is 19.4 Å². The van der Waals surface area contributed by atoms with Crippen LogP contribution in [0.2, 0.25) is 0 Å². The summed E-state index contributed by atoms with van der Waals surface area (Å²) in [4.78, 5) is 8.74. The smallest absolute Gasteiger partial charge is 0.111 e. The molecule has 0 aliphatic rings. The molecule has 2 aromatic rings. The van der Waals surface area contributed by atoms with Gasteiger partial charge in [0.25, 0.3) is 0 Å². The number of hydrogen-bond donors (Lipinski definition) is 1. The summed E-state index contributed by atoms with van der Waals surface area (Å²) in [7, 11) is 0. The minimum atomic E-state index is 0.204. The Bertz CT molecular complexity index is 489. The Labute approximate surface area is 102 Å². The molecule has 0 saturated carbocycles. The average molecular weight is 232 g/mol. The van der Waals surface area contributed by atoms with Gasteiger partial charge in [-0.1, -0.05) is 13.3 Å². The van der Waals surface area contributed by atoms with Crippen molar-refractivity contribution in [3.05, 3.63) is 24.3 Å². The zero-order valence-electron chi connectivity index (χ0n) is 10.6. The van der Waals surface area contributed by atoms with Crippen molar-refractivity contribution in [1.29, 1.82) is 0 Å². The maximum absolute atomic E-state index is 6.09. The van der Waals surface area contributed by atoms with E-state index in [2.05, 4.69) is 28.4 Å². The number of fused-ring (bicyclic) bond motifs is 1. The van der Waals surface area contributed by atoms with E-state index in [0.717, 1.165) is 42.7 Å². The first-order chi connectivity index (χ1) is 8.26. The van der Waals surface area contributed by atoms with Crippen molar-refractivity contribution in [1.82, 2.24) is 14.5 Å². The molecule has 0 fully saturated rings. The van der Waals surface area contributed by atoms with Crippen molar-refractivity contribution in [2.45, 2.75) is 45.7 Å². The summed E-state index contributed by atoms with van der Waals surface area (Å²) in [5.41, 5.74) is 8.21. The summed E-state index contributed by atoms with van der Waals surface area (Å²) < 4.78 is 2.23.